The second-order valence-electron chi connectivity index (χ2n) is 4.71. The minimum absolute atomic E-state index is 0.298. The van der Waals surface area contributed by atoms with E-state index in [9.17, 15) is 4.79 Å². The summed E-state index contributed by atoms with van der Waals surface area (Å²) in [6.45, 7) is 4.77. The van der Waals surface area contributed by atoms with Crippen molar-refractivity contribution in [2.24, 2.45) is 0 Å². The molecule has 20 heavy (non-hydrogen) atoms. The van der Waals surface area contributed by atoms with E-state index < -0.39 is 5.97 Å². The molecule has 104 valence electrons. The fraction of sp³-hybridized carbons (Fsp3) is 0.235. The van der Waals surface area contributed by atoms with Crippen LogP contribution in [0, 0.1) is 6.92 Å². The van der Waals surface area contributed by atoms with Crippen molar-refractivity contribution in [2.45, 2.75) is 20.3 Å². The molecule has 2 aromatic rings. The Bertz CT molecular complexity index is 617. The third-order valence-electron chi connectivity index (χ3n) is 3.08. The Hall–Kier alpha value is -2.29. The third-order valence-corrected chi connectivity index (χ3v) is 3.08. The van der Waals surface area contributed by atoms with Crippen LogP contribution in [0.2, 0.25) is 0 Å². The van der Waals surface area contributed by atoms with Gasteiger partial charge in [0.15, 0.2) is 0 Å². The van der Waals surface area contributed by atoms with Crippen molar-refractivity contribution < 1.29 is 14.6 Å². The third kappa shape index (κ3) is 3.18. The quantitative estimate of drug-likeness (QED) is 0.887. The number of carboxylic acid groups (broad SMARTS) is 1. The number of hydrogen-bond donors (Lipinski definition) is 1. The summed E-state index contributed by atoms with van der Waals surface area (Å²) in [6, 6.07) is 12.9. The zero-order chi connectivity index (χ0) is 14.5. The molecule has 2 aromatic carbocycles. The van der Waals surface area contributed by atoms with Crippen molar-refractivity contribution in [1.29, 1.82) is 0 Å². The molecule has 0 fully saturated rings. The highest BCUT2D eigenvalue weighted by Crippen LogP contribution is 2.27. The summed E-state index contributed by atoms with van der Waals surface area (Å²) in [6.07, 6.45) is 0.974. The van der Waals surface area contributed by atoms with Gasteiger partial charge in [0.1, 0.15) is 5.75 Å². The fourth-order valence-electron chi connectivity index (χ4n) is 2.03. The standard InChI is InChI=1S/C17H18O3/c1-3-9-20-16-8-7-14(10-12(16)2)13-5-4-6-15(11-13)17(18)19/h4-8,10-11H,3,9H2,1-2H3,(H,18,19). The van der Waals surface area contributed by atoms with E-state index in [2.05, 4.69) is 6.92 Å². The summed E-state index contributed by atoms with van der Waals surface area (Å²) in [4.78, 5) is 11.0. The monoisotopic (exact) mass is 270 g/mol. The second-order valence-corrected chi connectivity index (χ2v) is 4.71. The summed E-state index contributed by atoms with van der Waals surface area (Å²) in [7, 11) is 0. The number of rotatable bonds is 5. The summed E-state index contributed by atoms with van der Waals surface area (Å²) in [5.74, 6) is -0.0311. The number of benzene rings is 2. The maximum atomic E-state index is 11.0. The molecule has 3 nitrogen and oxygen atoms in total. The van der Waals surface area contributed by atoms with Crippen LogP contribution >= 0.6 is 0 Å². The van der Waals surface area contributed by atoms with Crippen molar-refractivity contribution in [3.05, 3.63) is 53.6 Å². The number of hydrogen-bond acceptors (Lipinski definition) is 2. The van der Waals surface area contributed by atoms with Crippen LogP contribution in [0.15, 0.2) is 42.5 Å². The lowest BCUT2D eigenvalue weighted by molar-refractivity contribution is 0.0697. The van der Waals surface area contributed by atoms with E-state index in [0.717, 1.165) is 28.9 Å². The molecule has 0 amide bonds. The van der Waals surface area contributed by atoms with Crippen LogP contribution in [0.4, 0.5) is 0 Å². The summed E-state index contributed by atoms with van der Waals surface area (Å²) in [5.41, 5.74) is 3.24. The molecule has 0 atom stereocenters. The molecule has 3 heteroatoms. The minimum atomic E-state index is -0.911. The predicted octanol–water partition coefficient (Wildman–Crippen LogP) is 4.15. The largest absolute Gasteiger partial charge is 0.493 e. The zero-order valence-corrected chi connectivity index (χ0v) is 11.7. The van der Waals surface area contributed by atoms with Gasteiger partial charge in [-0.25, -0.2) is 4.79 Å². The summed E-state index contributed by atoms with van der Waals surface area (Å²) < 4.78 is 5.64. The van der Waals surface area contributed by atoms with E-state index in [4.69, 9.17) is 9.84 Å². The molecule has 0 saturated heterocycles. The average molecular weight is 270 g/mol. The SMILES string of the molecule is CCCOc1ccc(-c2cccc(C(=O)O)c2)cc1C. The van der Waals surface area contributed by atoms with Gasteiger partial charge >= 0.3 is 5.97 Å². The maximum Gasteiger partial charge on any atom is 0.335 e. The van der Waals surface area contributed by atoms with Crippen LogP contribution in [-0.2, 0) is 0 Å². The van der Waals surface area contributed by atoms with E-state index in [1.807, 2.05) is 31.2 Å². The van der Waals surface area contributed by atoms with E-state index in [-0.39, 0.29) is 0 Å². The molecule has 0 saturated carbocycles. The fourth-order valence-corrected chi connectivity index (χ4v) is 2.03. The van der Waals surface area contributed by atoms with Gasteiger partial charge in [0.2, 0.25) is 0 Å². The van der Waals surface area contributed by atoms with E-state index in [1.54, 1.807) is 18.2 Å². The molecule has 0 aliphatic rings. The maximum absolute atomic E-state index is 11.0. The molecule has 0 radical (unpaired) electrons. The lowest BCUT2D eigenvalue weighted by Crippen LogP contribution is -1.97. The zero-order valence-electron chi connectivity index (χ0n) is 11.7. The van der Waals surface area contributed by atoms with Gasteiger partial charge in [-0.3, -0.25) is 0 Å². The number of aryl methyl sites for hydroxylation is 1. The first kappa shape index (κ1) is 14.1. The first-order valence-corrected chi connectivity index (χ1v) is 6.69. The molecule has 1 N–H and O–H groups in total. The van der Waals surface area contributed by atoms with Crippen molar-refractivity contribution in [2.75, 3.05) is 6.61 Å². The number of aromatic carboxylic acids is 1. The molecule has 2 rings (SSSR count). The van der Waals surface area contributed by atoms with E-state index in [0.29, 0.717) is 12.2 Å². The van der Waals surface area contributed by atoms with Gasteiger partial charge in [-0.2, -0.15) is 0 Å². The van der Waals surface area contributed by atoms with Crippen LogP contribution in [0.1, 0.15) is 29.3 Å². The van der Waals surface area contributed by atoms with Crippen LogP contribution in [0.25, 0.3) is 11.1 Å². The normalized spacial score (nSPS) is 10.3. The van der Waals surface area contributed by atoms with Crippen LogP contribution in [0.5, 0.6) is 5.75 Å². The Morgan fingerprint density at radius 2 is 1.90 bits per heavy atom. The van der Waals surface area contributed by atoms with Gasteiger partial charge in [-0.1, -0.05) is 25.1 Å². The summed E-state index contributed by atoms with van der Waals surface area (Å²) in [5, 5.41) is 9.03. The molecule has 0 bridgehead atoms. The van der Waals surface area contributed by atoms with E-state index >= 15 is 0 Å². The second kappa shape index (κ2) is 6.24. The minimum Gasteiger partial charge on any atom is -0.493 e. The van der Waals surface area contributed by atoms with Crippen molar-refractivity contribution in [3.8, 4) is 16.9 Å². The predicted molar refractivity (Wildman–Crippen MR) is 79.4 cm³/mol. The highest BCUT2D eigenvalue weighted by Gasteiger charge is 2.06. The topological polar surface area (TPSA) is 46.5 Å². The molecular weight excluding hydrogens is 252 g/mol. The van der Waals surface area contributed by atoms with Gasteiger partial charge in [-0.05, 0) is 54.3 Å². The van der Waals surface area contributed by atoms with Gasteiger partial charge < -0.3 is 9.84 Å². The Balaban J connectivity index is 2.31. The van der Waals surface area contributed by atoms with Crippen molar-refractivity contribution in [1.82, 2.24) is 0 Å². The van der Waals surface area contributed by atoms with Gasteiger partial charge in [0.25, 0.3) is 0 Å². The van der Waals surface area contributed by atoms with Crippen LogP contribution in [-0.4, -0.2) is 17.7 Å². The smallest absolute Gasteiger partial charge is 0.335 e. The molecule has 0 aliphatic carbocycles. The lowest BCUT2D eigenvalue weighted by atomic mass is 10.0. The average Bonchev–Trinajstić information content (AvgIpc) is 2.46. The van der Waals surface area contributed by atoms with Gasteiger partial charge in [-0.15, -0.1) is 0 Å². The Labute approximate surface area is 118 Å². The first-order chi connectivity index (χ1) is 9.61. The molecule has 0 aromatic heterocycles. The van der Waals surface area contributed by atoms with Gasteiger partial charge in [0.05, 0.1) is 12.2 Å². The molecular formula is C17H18O3. The van der Waals surface area contributed by atoms with Crippen LogP contribution < -0.4 is 4.74 Å². The Morgan fingerprint density at radius 3 is 2.55 bits per heavy atom. The lowest BCUT2D eigenvalue weighted by Gasteiger charge is -2.10. The Morgan fingerprint density at radius 1 is 1.15 bits per heavy atom. The highest BCUT2D eigenvalue weighted by atomic mass is 16.5. The van der Waals surface area contributed by atoms with Crippen LogP contribution in [0.3, 0.4) is 0 Å². The molecule has 0 unspecified atom stereocenters. The van der Waals surface area contributed by atoms with Crippen molar-refractivity contribution >= 4 is 5.97 Å². The Kier molecular flexibility index (Phi) is 4.41. The first-order valence-electron chi connectivity index (χ1n) is 6.69. The molecule has 0 spiro atoms. The molecule has 0 aliphatic heterocycles. The van der Waals surface area contributed by atoms with E-state index in [1.165, 1.54) is 0 Å². The van der Waals surface area contributed by atoms with Gasteiger partial charge in [0, 0.05) is 0 Å². The number of carboxylic acids is 1. The highest BCUT2D eigenvalue weighted by molar-refractivity contribution is 5.89. The number of carbonyl (C=O) groups is 1. The molecule has 0 heterocycles. The summed E-state index contributed by atoms with van der Waals surface area (Å²) >= 11 is 0. The number of ether oxygens (including phenoxy) is 1. The van der Waals surface area contributed by atoms with Crippen molar-refractivity contribution in [3.63, 3.8) is 0 Å².